The fourth-order valence-corrected chi connectivity index (χ4v) is 1.14. The SMILES string of the molecule is C=CCN(CC=C)CC(N)C(C)(C)C. The summed E-state index contributed by atoms with van der Waals surface area (Å²) in [6.45, 7) is 16.6. The molecule has 82 valence electrons. The number of nitrogens with two attached hydrogens (primary N) is 1. The third-order valence-electron chi connectivity index (χ3n) is 2.34. The van der Waals surface area contributed by atoms with Gasteiger partial charge in [-0.3, -0.25) is 4.90 Å². The number of hydrogen-bond acceptors (Lipinski definition) is 2. The van der Waals surface area contributed by atoms with Crippen molar-refractivity contribution >= 4 is 0 Å². The van der Waals surface area contributed by atoms with Crippen molar-refractivity contribution in [3.8, 4) is 0 Å². The van der Waals surface area contributed by atoms with Crippen LogP contribution in [0.1, 0.15) is 20.8 Å². The molecule has 0 bridgehead atoms. The topological polar surface area (TPSA) is 29.3 Å². The summed E-state index contributed by atoms with van der Waals surface area (Å²) >= 11 is 0. The second kappa shape index (κ2) is 5.99. The molecule has 0 aliphatic carbocycles. The first kappa shape index (κ1) is 13.4. The summed E-state index contributed by atoms with van der Waals surface area (Å²) in [5, 5.41) is 0. The molecule has 1 atom stereocenters. The Morgan fingerprint density at radius 3 is 1.93 bits per heavy atom. The monoisotopic (exact) mass is 196 g/mol. The Balaban J connectivity index is 4.14. The van der Waals surface area contributed by atoms with Gasteiger partial charge in [-0.15, -0.1) is 13.2 Å². The van der Waals surface area contributed by atoms with Crippen LogP contribution in [0, 0.1) is 5.41 Å². The van der Waals surface area contributed by atoms with Gasteiger partial charge in [0.25, 0.3) is 0 Å². The summed E-state index contributed by atoms with van der Waals surface area (Å²) < 4.78 is 0. The van der Waals surface area contributed by atoms with Crippen molar-refractivity contribution in [3.05, 3.63) is 25.3 Å². The Hall–Kier alpha value is -0.600. The maximum absolute atomic E-state index is 6.10. The van der Waals surface area contributed by atoms with Gasteiger partial charge in [0, 0.05) is 25.7 Å². The van der Waals surface area contributed by atoms with Gasteiger partial charge in [-0.2, -0.15) is 0 Å². The maximum atomic E-state index is 6.10. The lowest BCUT2D eigenvalue weighted by Crippen LogP contribution is -2.45. The summed E-state index contributed by atoms with van der Waals surface area (Å²) in [5.41, 5.74) is 6.26. The third-order valence-corrected chi connectivity index (χ3v) is 2.34. The fraction of sp³-hybridized carbons (Fsp3) is 0.667. The van der Waals surface area contributed by atoms with Crippen LogP contribution in [-0.2, 0) is 0 Å². The zero-order chi connectivity index (χ0) is 11.2. The van der Waals surface area contributed by atoms with Crippen LogP contribution in [0.2, 0.25) is 0 Å². The molecule has 0 aromatic rings. The number of hydrogen-bond donors (Lipinski definition) is 1. The van der Waals surface area contributed by atoms with E-state index in [1.54, 1.807) is 0 Å². The average molecular weight is 196 g/mol. The molecule has 0 rings (SSSR count). The van der Waals surface area contributed by atoms with Crippen molar-refractivity contribution in [2.24, 2.45) is 11.1 Å². The number of rotatable bonds is 6. The molecule has 0 aromatic carbocycles. The van der Waals surface area contributed by atoms with Crippen LogP contribution in [0.25, 0.3) is 0 Å². The molecule has 0 radical (unpaired) electrons. The molecule has 2 nitrogen and oxygen atoms in total. The molecule has 1 unspecified atom stereocenters. The molecule has 0 heterocycles. The van der Waals surface area contributed by atoms with Gasteiger partial charge in [0.05, 0.1) is 0 Å². The molecular formula is C12H24N2. The lowest BCUT2D eigenvalue weighted by atomic mass is 9.87. The Morgan fingerprint density at radius 2 is 1.64 bits per heavy atom. The largest absolute Gasteiger partial charge is 0.326 e. The highest BCUT2D eigenvalue weighted by Crippen LogP contribution is 2.17. The first-order valence-electron chi connectivity index (χ1n) is 5.11. The Bertz CT molecular complexity index is 169. The molecular weight excluding hydrogens is 172 g/mol. The van der Waals surface area contributed by atoms with Crippen molar-refractivity contribution in [2.75, 3.05) is 19.6 Å². The first-order valence-corrected chi connectivity index (χ1v) is 5.11. The Morgan fingerprint density at radius 1 is 1.21 bits per heavy atom. The molecule has 2 N–H and O–H groups in total. The molecule has 0 amide bonds. The minimum atomic E-state index is 0.153. The molecule has 0 spiro atoms. The predicted molar refractivity (Wildman–Crippen MR) is 64.3 cm³/mol. The highest BCUT2D eigenvalue weighted by molar-refractivity contribution is 4.86. The van der Waals surface area contributed by atoms with Crippen molar-refractivity contribution in [2.45, 2.75) is 26.8 Å². The maximum Gasteiger partial charge on any atom is 0.0217 e. The lowest BCUT2D eigenvalue weighted by Gasteiger charge is -2.31. The van der Waals surface area contributed by atoms with Crippen LogP contribution in [0.3, 0.4) is 0 Å². The highest BCUT2D eigenvalue weighted by Gasteiger charge is 2.22. The van der Waals surface area contributed by atoms with Crippen LogP contribution in [0.5, 0.6) is 0 Å². The van der Waals surface area contributed by atoms with Crippen molar-refractivity contribution in [3.63, 3.8) is 0 Å². The van der Waals surface area contributed by atoms with E-state index in [-0.39, 0.29) is 11.5 Å². The van der Waals surface area contributed by atoms with E-state index in [2.05, 4.69) is 38.8 Å². The Kier molecular flexibility index (Phi) is 5.73. The van der Waals surface area contributed by atoms with Gasteiger partial charge in [-0.1, -0.05) is 32.9 Å². The van der Waals surface area contributed by atoms with Gasteiger partial charge in [-0.25, -0.2) is 0 Å². The van der Waals surface area contributed by atoms with E-state index in [4.69, 9.17) is 5.73 Å². The average Bonchev–Trinajstić information content (AvgIpc) is 2.03. The summed E-state index contributed by atoms with van der Waals surface area (Å²) in [6, 6.07) is 0.183. The summed E-state index contributed by atoms with van der Waals surface area (Å²) in [5.74, 6) is 0. The van der Waals surface area contributed by atoms with Crippen molar-refractivity contribution < 1.29 is 0 Å². The van der Waals surface area contributed by atoms with E-state index in [9.17, 15) is 0 Å². The molecule has 2 heteroatoms. The van der Waals surface area contributed by atoms with E-state index < -0.39 is 0 Å². The van der Waals surface area contributed by atoms with Gasteiger partial charge < -0.3 is 5.73 Å². The van der Waals surface area contributed by atoms with Gasteiger partial charge in [0.1, 0.15) is 0 Å². The lowest BCUT2D eigenvalue weighted by molar-refractivity contribution is 0.226. The van der Waals surface area contributed by atoms with Crippen molar-refractivity contribution in [1.29, 1.82) is 0 Å². The second-order valence-corrected chi connectivity index (χ2v) is 4.77. The minimum Gasteiger partial charge on any atom is -0.326 e. The molecule has 0 aliphatic rings. The quantitative estimate of drug-likeness (QED) is 0.659. The zero-order valence-corrected chi connectivity index (χ0v) is 9.79. The van der Waals surface area contributed by atoms with E-state index in [0.717, 1.165) is 19.6 Å². The minimum absolute atomic E-state index is 0.153. The van der Waals surface area contributed by atoms with E-state index in [1.807, 2.05) is 12.2 Å². The van der Waals surface area contributed by atoms with Crippen LogP contribution >= 0.6 is 0 Å². The van der Waals surface area contributed by atoms with Gasteiger partial charge >= 0.3 is 0 Å². The van der Waals surface area contributed by atoms with Crippen LogP contribution < -0.4 is 5.73 Å². The molecule has 0 saturated heterocycles. The molecule has 0 aromatic heterocycles. The van der Waals surface area contributed by atoms with Crippen molar-refractivity contribution in [1.82, 2.24) is 4.90 Å². The van der Waals surface area contributed by atoms with Gasteiger partial charge in [0.2, 0.25) is 0 Å². The molecule has 0 fully saturated rings. The highest BCUT2D eigenvalue weighted by atomic mass is 15.1. The van der Waals surface area contributed by atoms with E-state index >= 15 is 0 Å². The van der Waals surface area contributed by atoms with E-state index in [0.29, 0.717) is 0 Å². The third kappa shape index (κ3) is 5.20. The van der Waals surface area contributed by atoms with Gasteiger partial charge in [-0.05, 0) is 5.41 Å². The van der Waals surface area contributed by atoms with Crippen LogP contribution in [-0.4, -0.2) is 30.6 Å². The Labute approximate surface area is 88.5 Å². The molecule has 0 aliphatic heterocycles. The molecule has 14 heavy (non-hydrogen) atoms. The molecule has 0 saturated carbocycles. The fourth-order valence-electron chi connectivity index (χ4n) is 1.14. The van der Waals surface area contributed by atoms with Gasteiger partial charge in [0.15, 0.2) is 0 Å². The second-order valence-electron chi connectivity index (χ2n) is 4.77. The zero-order valence-electron chi connectivity index (χ0n) is 9.79. The standard InChI is InChI=1S/C12H24N2/c1-6-8-14(9-7-2)10-11(13)12(3,4)5/h6-7,11H,1-2,8-10,13H2,3-5H3. The summed E-state index contributed by atoms with van der Waals surface area (Å²) in [4.78, 5) is 2.25. The normalized spacial score (nSPS) is 14.1. The predicted octanol–water partition coefficient (Wildman–Crippen LogP) is 2.03. The van der Waals surface area contributed by atoms with Crippen LogP contribution in [0.15, 0.2) is 25.3 Å². The smallest absolute Gasteiger partial charge is 0.0217 e. The summed E-state index contributed by atoms with van der Waals surface area (Å²) in [7, 11) is 0. The summed E-state index contributed by atoms with van der Waals surface area (Å²) in [6.07, 6.45) is 3.80. The number of nitrogens with zero attached hydrogens (tertiary/aromatic N) is 1. The first-order chi connectivity index (χ1) is 6.41. The van der Waals surface area contributed by atoms with E-state index in [1.165, 1.54) is 0 Å². The van der Waals surface area contributed by atoms with Crippen LogP contribution in [0.4, 0.5) is 0 Å².